The number of carbonyl (C=O) groups is 1. The lowest BCUT2D eigenvalue weighted by atomic mass is 9.68. The van der Waals surface area contributed by atoms with Gasteiger partial charge in [-0.05, 0) is 48.9 Å². The highest BCUT2D eigenvalue weighted by Gasteiger charge is 2.45. The quantitative estimate of drug-likeness (QED) is 0.797. The van der Waals surface area contributed by atoms with Crippen molar-refractivity contribution >= 4 is 11.5 Å². The molecule has 152 valence electrons. The normalized spacial score (nSPS) is 20.8. The Labute approximate surface area is 177 Å². The molecule has 1 aliphatic carbocycles. The summed E-state index contributed by atoms with van der Waals surface area (Å²) in [5.41, 5.74) is 12.3. The van der Waals surface area contributed by atoms with Crippen LogP contribution in [0.5, 0.6) is 0 Å². The number of pyridine rings is 1. The zero-order valence-electron chi connectivity index (χ0n) is 17.9. The van der Waals surface area contributed by atoms with Crippen molar-refractivity contribution in [3.8, 4) is 6.07 Å². The molecule has 0 amide bonds. The Kier molecular flexibility index (Phi) is 4.74. The van der Waals surface area contributed by atoms with Gasteiger partial charge >= 0.3 is 0 Å². The van der Waals surface area contributed by atoms with Gasteiger partial charge in [0.25, 0.3) is 0 Å². The van der Waals surface area contributed by atoms with E-state index in [-0.39, 0.29) is 11.2 Å². The summed E-state index contributed by atoms with van der Waals surface area (Å²) >= 11 is 0. The first-order chi connectivity index (χ1) is 14.2. The van der Waals surface area contributed by atoms with E-state index in [1.807, 2.05) is 43.0 Å². The minimum absolute atomic E-state index is 0.0845. The Morgan fingerprint density at radius 1 is 1.23 bits per heavy atom. The van der Waals surface area contributed by atoms with Crippen LogP contribution in [0.1, 0.15) is 49.3 Å². The van der Waals surface area contributed by atoms with Crippen molar-refractivity contribution in [2.45, 2.75) is 46.5 Å². The Morgan fingerprint density at radius 3 is 2.67 bits per heavy atom. The predicted molar refractivity (Wildman–Crippen MR) is 117 cm³/mol. The minimum Gasteiger partial charge on any atom is -0.384 e. The number of hydrogen-bond acceptors (Lipinski definition) is 5. The lowest BCUT2D eigenvalue weighted by Gasteiger charge is -2.43. The highest BCUT2D eigenvalue weighted by molar-refractivity contribution is 6.01. The van der Waals surface area contributed by atoms with Gasteiger partial charge in [0.1, 0.15) is 5.82 Å². The lowest BCUT2D eigenvalue weighted by Crippen LogP contribution is -2.42. The third-order valence-corrected chi connectivity index (χ3v) is 6.03. The topological polar surface area (TPSA) is 83.0 Å². The fourth-order valence-corrected chi connectivity index (χ4v) is 4.67. The van der Waals surface area contributed by atoms with Crippen molar-refractivity contribution in [2.75, 3.05) is 4.90 Å². The lowest BCUT2D eigenvalue weighted by molar-refractivity contribution is -0.118. The molecule has 1 atom stereocenters. The number of aromatic nitrogens is 1. The molecule has 0 radical (unpaired) electrons. The maximum absolute atomic E-state index is 13.5. The van der Waals surface area contributed by atoms with Crippen LogP contribution >= 0.6 is 0 Å². The SMILES string of the molecule is Cc1ccc(C)c(C2C(C#N)=C(N)N(c3cccnc3)C3=C2C(=O)CC(C)(C)C3)c1. The van der Waals surface area contributed by atoms with Crippen molar-refractivity contribution in [3.63, 3.8) is 0 Å². The highest BCUT2D eigenvalue weighted by atomic mass is 16.1. The van der Waals surface area contributed by atoms with E-state index in [4.69, 9.17) is 5.73 Å². The van der Waals surface area contributed by atoms with Gasteiger partial charge in [0.2, 0.25) is 0 Å². The standard InChI is InChI=1S/C25H26N4O/c1-15-7-8-16(2)18(10-15)22-19(13-26)24(27)29(17-6-5-9-28-14-17)20-11-25(3,4)12-21(30)23(20)22/h5-10,14,22H,11-12,27H2,1-4H3. The summed E-state index contributed by atoms with van der Waals surface area (Å²) in [5, 5.41) is 10.1. The molecule has 2 aromatic rings. The first-order valence-electron chi connectivity index (χ1n) is 10.2. The van der Waals surface area contributed by atoms with Crippen molar-refractivity contribution < 1.29 is 4.79 Å². The van der Waals surface area contributed by atoms with Gasteiger partial charge in [-0.2, -0.15) is 5.26 Å². The van der Waals surface area contributed by atoms with E-state index in [9.17, 15) is 10.1 Å². The van der Waals surface area contributed by atoms with Crippen LogP contribution in [0, 0.1) is 30.6 Å². The monoisotopic (exact) mass is 398 g/mol. The van der Waals surface area contributed by atoms with E-state index in [0.29, 0.717) is 29.8 Å². The highest BCUT2D eigenvalue weighted by Crippen LogP contribution is 2.50. The predicted octanol–water partition coefficient (Wildman–Crippen LogP) is 4.64. The van der Waals surface area contributed by atoms with Crippen molar-refractivity contribution in [2.24, 2.45) is 11.1 Å². The molecule has 4 rings (SSSR count). The van der Waals surface area contributed by atoms with Crippen molar-refractivity contribution in [1.29, 1.82) is 5.26 Å². The molecule has 2 aliphatic rings. The number of allylic oxidation sites excluding steroid dienone is 3. The summed E-state index contributed by atoms with van der Waals surface area (Å²) in [4.78, 5) is 19.6. The number of rotatable bonds is 2. The minimum atomic E-state index is -0.443. The average Bonchev–Trinajstić information content (AvgIpc) is 2.69. The number of hydrogen-bond donors (Lipinski definition) is 1. The summed E-state index contributed by atoms with van der Waals surface area (Å²) in [6.45, 7) is 8.24. The van der Waals surface area contributed by atoms with E-state index < -0.39 is 5.92 Å². The largest absolute Gasteiger partial charge is 0.384 e. The average molecular weight is 399 g/mol. The number of anilines is 1. The van der Waals surface area contributed by atoms with E-state index in [1.165, 1.54) is 0 Å². The zero-order valence-corrected chi connectivity index (χ0v) is 17.9. The molecule has 1 aliphatic heterocycles. The van der Waals surface area contributed by atoms with Gasteiger partial charge in [-0.3, -0.25) is 14.7 Å². The molecule has 1 aromatic heterocycles. The number of nitriles is 1. The van der Waals surface area contributed by atoms with Crippen LogP contribution in [0.2, 0.25) is 0 Å². The van der Waals surface area contributed by atoms with Crippen LogP contribution in [-0.2, 0) is 4.79 Å². The van der Waals surface area contributed by atoms with Crippen LogP contribution in [0.15, 0.2) is 65.4 Å². The Bertz CT molecular complexity index is 1140. The number of ketones is 1. The zero-order chi connectivity index (χ0) is 21.6. The molecule has 5 heteroatoms. The Morgan fingerprint density at radius 2 is 2.00 bits per heavy atom. The molecule has 1 unspecified atom stereocenters. The molecule has 5 nitrogen and oxygen atoms in total. The van der Waals surface area contributed by atoms with Crippen molar-refractivity contribution in [3.05, 3.63) is 82.1 Å². The molecule has 0 saturated heterocycles. The number of carbonyl (C=O) groups excluding carboxylic acids is 1. The van der Waals surface area contributed by atoms with Gasteiger partial charge in [0.15, 0.2) is 5.78 Å². The number of nitrogens with zero attached hydrogens (tertiary/aromatic N) is 3. The van der Waals surface area contributed by atoms with E-state index in [2.05, 4.69) is 31.0 Å². The summed E-state index contributed by atoms with van der Waals surface area (Å²) in [6.07, 6.45) is 4.57. The summed E-state index contributed by atoms with van der Waals surface area (Å²) in [7, 11) is 0. The Balaban J connectivity index is 2.04. The number of benzene rings is 1. The fourth-order valence-electron chi connectivity index (χ4n) is 4.67. The summed E-state index contributed by atoms with van der Waals surface area (Å²) in [5.74, 6) is 0.0170. The summed E-state index contributed by atoms with van der Waals surface area (Å²) < 4.78 is 0. The van der Waals surface area contributed by atoms with E-state index in [1.54, 1.807) is 12.4 Å². The molecular weight excluding hydrogens is 372 g/mol. The fraction of sp³-hybridized carbons (Fsp3) is 0.320. The van der Waals surface area contributed by atoms with Gasteiger partial charge < -0.3 is 5.73 Å². The molecule has 2 heterocycles. The van der Waals surface area contributed by atoms with Gasteiger partial charge in [-0.15, -0.1) is 0 Å². The molecule has 2 N–H and O–H groups in total. The van der Waals surface area contributed by atoms with Crippen LogP contribution < -0.4 is 10.6 Å². The first-order valence-corrected chi connectivity index (χ1v) is 10.2. The van der Waals surface area contributed by atoms with Crippen LogP contribution in [-0.4, -0.2) is 10.8 Å². The second kappa shape index (κ2) is 7.14. The third kappa shape index (κ3) is 3.19. The second-order valence-electron chi connectivity index (χ2n) is 9.05. The van der Waals surface area contributed by atoms with Crippen LogP contribution in [0.4, 0.5) is 5.69 Å². The van der Waals surface area contributed by atoms with Crippen molar-refractivity contribution in [1.82, 2.24) is 4.98 Å². The van der Waals surface area contributed by atoms with Crippen LogP contribution in [0.3, 0.4) is 0 Å². The molecular formula is C25H26N4O. The number of nitrogens with two attached hydrogens (primary N) is 1. The van der Waals surface area contributed by atoms with E-state index >= 15 is 0 Å². The number of aryl methyl sites for hydroxylation is 2. The molecule has 0 saturated carbocycles. The first kappa shape index (κ1) is 19.9. The third-order valence-electron chi connectivity index (χ3n) is 6.03. The molecule has 30 heavy (non-hydrogen) atoms. The maximum Gasteiger partial charge on any atom is 0.162 e. The molecule has 0 fully saturated rings. The Hall–Kier alpha value is -3.39. The van der Waals surface area contributed by atoms with Gasteiger partial charge in [0.05, 0.1) is 29.4 Å². The smallest absolute Gasteiger partial charge is 0.162 e. The maximum atomic E-state index is 13.5. The van der Waals surface area contributed by atoms with Gasteiger partial charge in [0, 0.05) is 23.9 Å². The van der Waals surface area contributed by atoms with Gasteiger partial charge in [-0.25, -0.2) is 0 Å². The van der Waals surface area contributed by atoms with E-state index in [0.717, 1.165) is 28.1 Å². The molecule has 0 bridgehead atoms. The molecule has 1 aromatic carbocycles. The second-order valence-corrected chi connectivity index (χ2v) is 9.05. The molecule has 0 spiro atoms. The summed E-state index contributed by atoms with van der Waals surface area (Å²) in [6, 6.07) is 12.2. The number of Topliss-reactive ketones (excluding diaryl/α,β-unsaturated/α-hetero) is 1. The van der Waals surface area contributed by atoms with Gasteiger partial charge in [-0.1, -0.05) is 37.6 Å². The van der Waals surface area contributed by atoms with Crippen LogP contribution in [0.25, 0.3) is 0 Å².